The van der Waals surface area contributed by atoms with E-state index in [4.69, 9.17) is 9.47 Å². The molecule has 0 spiro atoms. The zero-order valence-corrected chi connectivity index (χ0v) is 14.8. The fourth-order valence-corrected chi connectivity index (χ4v) is 3.41. The van der Waals surface area contributed by atoms with E-state index < -0.39 is 0 Å². The summed E-state index contributed by atoms with van der Waals surface area (Å²) in [7, 11) is 0. The summed E-state index contributed by atoms with van der Waals surface area (Å²) in [6, 6.07) is 1.91. The molecule has 0 saturated carbocycles. The molecule has 0 atom stereocenters. The van der Waals surface area contributed by atoms with Gasteiger partial charge in [0.05, 0.1) is 36.5 Å². The van der Waals surface area contributed by atoms with Crippen LogP contribution in [0.5, 0.6) is 0 Å². The molecule has 7 heteroatoms. The van der Waals surface area contributed by atoms with Crippen molar-refractivity contribution in [3.8, 4) is 0 Å². The van der Waals surface area contributed by atoms with E-state index in [0.29, 0.717) is 24.2 Å². The lowest BCUT2D eigenvalue weighted by atomic mass is 9.95. The molecule has 1 saturated heterocycles. The first-order valence-electron chi connectivity index (χ1n) is 8.84. The third kappa shape index (κ3) is 3.44. The molecular weight excluding hydrogens is 320 g/mol. The molecule has 7 nitrogen and oxygen atoms in total. The van der Waals surface area contributed by atoms with Crippen molar-refractivity contribution in [1.29, 1.82) is 0 Å². The fourth-order valence-electron chi connectivity index (χ4n) is 3.41. The minimum atomic E-state index is -0.221. The normalized spacial score (nSPS) is 20.6. The van der Waals surface area contributed by atoms with Crippen LogP contribution in [0, 0.1) is 0 Å². The predicted octanol–water partition coefficient (Wildman–Crippen LogP) is 0.975. The molecule has 2 aliphatic heterocycles. The Morgan fingerprint density at radius 3 is 2.84 bits per heavy atom. The maximum Gasteiger partial charge on any atom is 0.262 e. The lowest BCUT2D eigenvalue weighted by molar-refractivity contribution is -0.0411. The summed E-state index contributed by atoms with van der Waals surface area (Å²) in [5, 5.41) is 0.575. The minimum absolute atomic E-state index is 0.0293. The molecule has 0 bridgehead atoms. The van der Waals surface area contributed by atoms with Gasteiger partial charge in [0, 0.05) is 38.2 Å². The summed E-state index contributed by atoms with van der Waals surface area (Å²) in [6.45, 7) is 9.41. The first-order valence-corrected chi connectivity index (χ1v) is 8.84. The van der Waals surface area contributed by atoms with Crippen molar-refractivity contribution in [2.75, 3.05) is 32.8 Å². The molecule has 1 fully saturated rings. The van der Waals surface area contributed by atoms with E-state index in [0.717, 1.165) is 50.5 Å². The van der Waals surface area contributed by atoms with Crippen molar-refractivity contribution >= 4 is 11.0 Å². The summed E-state index contributed by atoms with van der Waals surface area (Å²) in [4.78, 5) is 24.2. The van der Waals surface area contributed by atoms with Crippen LogP contribution in [-0.2, 0) is 29.0 Å². The van der Waals surface area contributed by atoms with Gasteiger partial charge in [-0.25, -0.2) is 9.97 Å². The number of hydrogen-bond donors (Lipinski definition) is 0. The van der Waals surface area contributed by atoms with Gasteiger partial charge in [-0.1, -0.05) is 0 Å². The maximum atomic E-state index is 12.8. The molecule has 2 aromatic heterocycles. The van der Waals surface area contributed by atoms with Gasteiger partial charge in [0.2, 0.25) is 0 Å². The highest BCUT2D eigenvalue weighted by atomic mass is 16.5. The van der Waals surface area contributed by atoms with Crippen molar-refractivity contribution in [3.63, 3.8) is 0 Å². The molecule has 0 N–H and O–H groups in total. The van der Waals surface area contributed by atoms with Crippen LogP contribution >= 0.6 is 0 Å². The van der Waals surface area contributed by atoms with E-state index in [2.05, 4.69) is 28.7 Å². The Labute approximate surface area is 146 Å². The number of pyridine rings is 1. The van der Waals surface area contributed by atoms with Gasteiger partial charge in [0.15, 0.2) is 5.65 Å². The zero-order chi connectivity index (χ0) is 17.4. The Morgan fingerprint density at radius 1 is 1.24 bits per heavy atom. The van der Waals surface area contributed by atoms with Gasteiger partial charge in [0.1, 0.15) is 6.33 Å². The summed E-state index contributed by atoms with van der Waals surface area (Å²) in [5.74, 6) is 0. The van der Waals surface area contributed by atoms with E-state index in [9.17, 15) is 4.79 Å². The van der Waals surface area contributed by atoms with Gasteiger partial charge < -0.3 is 9.47 Å². The van der Waals surface area contributed by atoms with Gasteiger partial charge in [0.25, 0.3) is 5.56 Å². The molecule has 0 aliphatic carbocycles. The molecule has 0 aromatic carbocycles. The summed E-state index contributed by atoms with van der Waals surface area (Å²) < 4.78 is 12.9. The van der Waals surface area contributed by atoms with E-state index in [1.54, 1.807) is 10.9 Å². The van der Waals surface area contributed by atoms with Crippen LogP contribution in [0.1, 0.15) is 25.1 Å². The van der Waals surface area contributed by atoms with E-state index >= 15 is 0 Å². The predicted molar refractivity (Wildman–Crippen MR) is 93.6 cm³/mol. The fraction of sp³-hybridized carbons (Fsp3) is 0.611. The molecule has 4 heterocycles. The van der Waals surface area contributed by atoms with E-state index in [-0.39, 0.29) is 11.2 Å². The lowest BCUT2D eigenvalue weighted by Gasteiger charge is -2.31. The second-order valence-electron chi connectivity index (χ2n) is 7.39. The highest BCUT2D eigenvalue weighted by Gasteiger charge is 2.27. The van der Waals surface area contributed by atoms with Crippen molar-refractivity contribution < 1.29 is 9.47 Å². The van der Waals surface area contributed by atoms with Crippen molar-refractivity contribution in [3.05, 3.63) is 34.0 Å². The molecule has 0 radical (unpaired) electrons. The largest absolute Gasteiger partial charge is 0.379 e. The summed E-state index contributed by atoms with van der Waals surface area (Å²) >= 11 is 0. The summed E-state index contributed by atoms with van der Waals surface area (Å²) in [6.07, 6.45) is 2.36. The first kappa shape index (κ1) is 16.6. The van der Waals surface area contributed by atoms with Gasteiger partial charge in [-0.2, -0.15) is 0 Å². The van der Waals surface area contributed by atoms with Gasteiger partial charge in [-0.15, -0.1) is 0 Å². The highest BCUT2D eigenvalue weighted by Crippen LogP contribution is 2.27. The SMILES string of the molecule is CC1(C)Cc2nc3ncn(CCN4CCOCC4)c(=O)c3cc2CO1. The molecular formula is C18H24N4O3. The monoisotopic (exact) mass is 344 g/mol. The Bertz CT molecular complexity index is 840. The van der Waals surface area contributed by atoms with Crippen LogP contribution in [0.2, 0.25) is 0 Å². The third-order valence-corrected chi connectivity index (χ3v) is 4.95. The standard InChI is InChI=1S/C18H24N4O3/c1-18(2)10-15-13(11-25-18)9-14-16(20-15)19-12-22(17(14)23)4-3-21-5-7-24-8-6-21/h9,12H,3-8,10-11H2,1-2H3. The van der Waals surface area contributed by atoms with Crippen LogP contribution < -0.4 is 5.56 Å². The van der Waals surface area contributed by atoms with Crippen molar-refractivity contribution in [2.24, 2.45) is 0 Å². The number of morpholine rings is 1. The number of fused-ring (bicyclic) bond motifs is 2. The van der Waals surface area contributed by atoms with Gasteiger partial charge in [-0.05, 0) is 19.9 Å². The average Bonchev–Trinajstić information content (AvgIpc) is 2.60. The second kappa shape index (κ2) is 6.48. The van der Waals surface area contributed by atoms with Crippen molar-refractivity contribution in [2.45, 2.75) is 39.0 Å². The maximum absolute atomic E-state index is 12.8. The molecule has 2 aromatic rings. The number of rotatable bonds is 3. The molecule has 4 rings (SSSR count). The second-order valence-corrected chi connectivity index (χ2v) is 7.39. The molecule has 0 unspecified atom stereocenters. The lowest BCUT2D eigenvalue weighted by Crippen LogP contribution is -2.39. The molecule has 134 valence electrons. The van der Waals surface area contributed by atoms with Crippen LogP contribution in [0.15, 0.2) is 17.2 Å². The number of nitrogens with zero attached hydrogens (tertiary/aromatic N) is 4. The van der Waals surface area contributed by atoms with Crippen LogP contribution in [0.3, 0.4) is 0 Å². The molecule has 2 aliphatic rings. The molecule has 25 heavy (non-hydrogen) atoms. The Balaban J connectivity index is 1.60. The van der Waals surface area contributed by atoms with Crippen LogP contribution in [0.25, 0.3) is 11.0 Å². The highest BCUT2D eigenvalue weighted by molar-refractivity contribution is 5.74. The Kier molecular flexibility index (Phi) is 4.31. The number of aromatic nitrogens is 3. The van der Waals surface area contributed by atoms with E-state index in [1.807, 2.05) is 6.07 Å². The smallest absolute Gasteiger partial charge is 0.262 e. The zero-order valence-electron chi connectivity index (χ0n) is 14.8. The quantitative estimate of drug-likeness (QED) is 0.827. The van der Waals surface area contributed by atoms with Gasteiger partial charge in [-0.3, -0.25) is 14.3 Å². The van der Waals surface area contributed by atoms with Crippen molar-refractivity contribution in [1.82, 2.24) is 19.4 Å². The minimum Gasteiger partial charge on any atom is -0.379 e. The molecule has 0 amide bonds. The van der Waals surface area contributed by atoms with Crippen LogP contribution in [-0.4, -0.2) is 57.9 Å². The topological polar surface area (TPSA) is 69.5 Å². The number of ether oxygens (including phenoxy) is 2. The number of hydrogen-bond acceptors (Lipinski definition) is 6. The van der Waals surface area contributed by atoms with Gasteiger partial charge >= 0.3 is 0 Å². The Hall–Kier alpha value is -1.83. The Morgan fingerprint density at radius 2 is 2.04 bits per heavy atom. The first-order chi connectivity index (χ1) is 12.0. The summed E-state index contributed by atoms with van der Waals surface area (Å²) in [5.41, 5.74) is 2.27. The third-order valence-electron chi connectivity index (χ3n) is 4.95. The average molecular weight is 344 g/mol. The van der Waals surface area contributed by atoms with E-state index in [1.165, 1.54) is 0 Å². The van der Waals surface area contributed by atoms with Crippen LogP contribution in [0.4, 0.5) is 0 Å².